The fourth-order valence-electron chi connectivity index (χ4n) is 0.915. The maximum atomic E-state index is 7.22. The quantitative estimate of drug-likeness (QED) is 0.331. The second-order valence-corrected chi connectivity index (χ2v) is 2.85. The standard InChI is InChI=1S/C8H10N2S/c1-5-6(8(9)10)3-2-4-7(5)11/h2-4,11H,1H3,(H3,9,10). The van der Waals surface area contributed by atoms with Gasteiger partial charge < -0.3 is 5.73 Å². The van der Waals surface area contributed by atoms with Crippen molar-refractivity contribution in [3.8, 4) is 0 Å². The molecular formula is C8H10N2S. The van der Waals surface area contributed by atoms with Crippen LogP contribution in [0, 0.1) is 12.3 Å². The highest BCUT2D eigenvalue weighted by Crippen LogP contribution is 2.15. The van der Waals surface area contributed by atoms with Crippen LogP contribution in [0.5, 0.6) is 0 Å². The lowest BCUT2D eigenvalue weighted by molar-refractivity contribution is 1.27. The van der Waals surface area contributed by atoms with Crippen molar-refractivity contribution in [3.63, 3.8) is 0 Å². The smallest absolute Gasteiger partial charge is 0.123 e. The molecule has 0 aliphatic carbocycles. The minimum absolute atomic E-state index is 0.0957. The number of amidine groups is 1. The van der Waals surface area contributed by atoms with Gasteiger partial charge in [-0.2, -0.15) is 0 Å². The maximum absolute atomic E-state index is 7.22. The zero-order chi connectivity index (χ0) is 8.43. The molecule has 0 radical (unpaired) electrons. The van der Waals surface area contributed by atoms with Crippen LogP contribution in [0.4, 0.5) is 0 Å². The van der Waals surface area contributed by atoms with Gasteiger partial charge in [-0.1, -0.05) is 12.1 Å². The van der Waals surface area contributed by atoms with Gasteiger partial charge >= 0.3 is 0 Å². The summed E-state index contributed by atoms with van der Waals surface area (Å²) < 4.78 is 0. The van der Waals surface area contributed by atoms with E-state index in [0.717, 1.165) is 16.0 Å². The summed E-state index contributed by atoms with van der Waals surface area (Å²) in [6.07, 6.45) is 0. The van der Waals surface area contributed by atoms with E-state index in [1.54, 1.807) is 0 Å². The third-order valence-electron chi connectivity index (χ3n) is 1.60. The van der Waals surface area contributed by atoms with Gasteiger partial charge in [-0.05, 0) is 18.6 Å². The van der Waals surface area contributed by atoms with Crippen molar-refractivity contribution in [1.29, 1.82) is 5.41 Å². The van der Waals surface area contributed by atoms with Crippen LogP contribution in [-0.4, -0.2) is 5.84 Å². The normalized spacial score (nSPS) is 9.64. The summed E-state index contributed by atoms with van der Waals surface area (Å²) in [5.74, 6) is 0.0957. The Labute approximate surface area is 71.3 Å². The topological polar surface area (TPSA) is 49.9 Å². The van der Waals surface area contributed by atoms with E-state index in [0.29, 0.717) is 0 Å². The van der Waals surface area contributed by atoms with Crippen LogP contribution in [0.1, 0.15) is 11.1 Å². The van der Waals surface area contributed by atoms with Gasteiger partial charge in [0.2, 0.25) is 0 Å². The van der Waals surface area contributed by atoms with E-state index in [1.165, 1.54) is 0 Å². The lowest BCUT2D eigenvalue weighted by Crippen LogP contribution is -2.12. The van der Waals surface area contributed by atoms with E-state index >= 15 is 0 Å². The van der Waals surface area contributed by atoms with Crippen molar-refractivity contribution in [2.75, 3.05) is 0 Å². The van der Waals surface area contributed by atoms with Crippen LogP contribution in [0.3, 0.4) is 0 Å². The molecule has 0 atom stereocenters. The Kier molecular flexibility index (Phi) is 2.19. The average Bonchev–Trinajstić information content (AvgIpc) is 1.94. The number of nitrogen functional groups attached to an aromatic ring is 1. The van der Waals surface area contributed by atoms with Crippen molar-refractivity contribution in [2.24, 2.45) is 5.73 Å². The van der Waals surface area contributed by atoms with Crippen molar-refractivity contribution in [3.05, 3.63) is 29.3 Å². The molecule has 0 spiro atoms. The van der Waals surface area contributed by atoms with E-state index in [-0.39, 0.29) is 5.84 Å². The van der Waals surface area contributed by atoms with Gasteiger partial charge in [0.05, 0.1) is 0 Å². The molecule has 1 aromatic carbocycles. The van der Waals surface area contributed by atoms with Gasteiger partial charge in [0, 0.05) is 10.5 Å². The molecule has 3 N–H and O–H groups in total. The Morgan fingerprint density at radius 3 is 2.64 bits per heavy atom. The Morgan fingerprint density at radius 1 is 1.55 bits per heavy atom. The SMILES string of the molecule is Cc1c(S)cccc1C(=N)N. The Bertz CT molecular complexity index is 294. The molecule has 11 heavy (non-hydrogen) atoms. The number of nitrogens with two attached hydrogens (primary N) is 1. The molecule has 1 aromatic rings. The summed E-state index contributed by atoms with van der Waals surface area (Å²) in [6, 6.07) is 5.54. The molecular weight excluding hydrogens is 156 g/mol. The highest BCUT2D eigenvalue weighted by molar-refractivity contribution is 7.80. The van der Waals surface area contributed by atoms with E-state index in [9.17, 15) is 0 Å². The molecule has 0 heterocycles. The van der Waals surface area contributed by atoms with Crippen molar-refractivity contribution in [2.45, 2.75) is 11.8 Å². The van der Waals surface area contributed by atoms with Crippen LogP contribution in [0.2, 0.25) is 0 Å². The predicted molar refractivity (Wildman–Crippen MR) is 49.4 cm³/mol. The van der Waals surface area contributed by atoms with Gasteiger partial charge in [0.15, 0.2) is 0 Å². The van der Waals surface area contributed by atoms with Gasteiger partial charge in [0.25, 0.3) is 0 Å². The zero-order valence-electron chi connectivity index (χ0n) is 6.26. The molecule has 2 nitrogen and oxygen atoms in total. The molecule has 0 amide bonds. The molecule has 1 rings (SSSR count). The first-order valence-electron chi connectivity index (χ1n) is 3.26. The summed E-state index contributed by atoms with van der Waals surface area (Å²) in [4.78, 5) is 0.873. The van der Waals surface area contributed by atoms with Crippen molar-refractivity contribution < 1.29 is 0 Å². The summed E-state index contributed by atoms with van der Waals surface area (Å²) in [7, 11) is 0. The first-order chi connectivity index (χ1) is 5.13. The van der Waals surface area contributed by atoms with Gasteiger partial charge in [-0.3, -0.25) is 5.41 Å². The van der Waals surface area contributed by atoms with Crippen molar-refractivity contribution >= 4 is 18.5 Å². The summed E-state index contributed by atoms with van der Waals surface area (Å²) in [6.45, 7) is 1.90. The number of benzene rings is 1. The molecule has 0 aliphatic rings. The van der Waals surface area contributed by atoms with E-state index < -0.39 is 0 Å². The minimum atomic E-state index is 0.0957. The zero-order valence-corrected chi connectivity index (χ0v) is 7.15. The predicted octanol–water partition coefficient (Wildman–Crippen LogP) is 1.57. The fourth-order valence-corrected chi connectivity index (χ4v) is 1.12. The van der Waals surface area contributed by atoms with Crippen molar-refractivity contribution in [1.82, 2.24) is 0 Å². The number of rotatable bonds is 1. The summed E-state index contributed by atoms with van der Waals surface area (Å²) in [5, 5.41) is 7.22. The number of hydrogen-bond acceptors (Lipinski definition) is 2. The molecule has 0 aliphatic heterocycles. The first kappa shape index (κ1) is 8.14. The lowest BCUT2D eigenvalue weighted by Gasteiger charge is -2.04. The van der Waals surface area contributed by atoms with Crippen LogP contribution < -0.4 is 5.73 Å². The van der Waals surface area contributed by atoms with Crippen LogP contribution in [0.15, 0.2) is 23.1 Å². The van der Waals surface area contributed by atoms with E-state index in [4.69, 9.17) is 11.1 Å². The molecule has 0 saturated heterocycles. The third kappa shape index (κ3) is 1.54. The summed E-state index contributed by atoms with van der Waals surface area (Å²) in [5.41, 5.74) is 7.06. The molecule has 0 fully saturated rings. The molecule has 0 saturated carbocycles. The highest BCUT2D eigenvalue weighted by atomic mass is 32.1. The highest BCUT2D eigenvalue weighted by Gasteiger charge is 2.01. The molecule has 0 aromatic heterocycles. The number of hydrogen-bond donors (Lipinski definition) is 3. The second kappa shape index (κ2) is 2.96. The Morgan fingerprint density at radius 2 is 2.18 bits per heavy atom. The number of nitrogens with one attached hydrogen (secondary N) is 1. The van der Waals surface area contributed by atoms with Gasteiger partial charge in [-0.25, -0.2) is 0 Å². The fraction of sp³-hybridized carbons (Fsp3) is 0.125. The summed E-state index contributed by atoms with van der Waals surface area (Å²) >= 11 is 4.21. The molecule has 0 bridgehead atoms. The molecule has 58 valence electrons. The van der Waals surface area contributed by atoms with Crippen LogP contribution in [0.25, 0.3) is 0 Å². The largest absolute Gasteiger partial charge is 0.384 e. The molecule has 3 heteroatoms. The third-order valence-corrected chi connectivity index (χ3v) is 2.08. The van der Waals surface area contributed by atoms with Crippen LogP contribution in [-0.2, 0) is 0 Å². The number of thiol groups is 1. The first-order valence-corrected chi connectivity index (χ1v) is 3.70. The Balaban J connectivity index is 3.27. The van der Waals surface area contributed by atoms with E-state index in [2.05, 4.69) is 12.6 Å². The lowest BCUT2D eigenvalue weighted by atomic mass is 10.1. The monoisotopic (exact) mass is 166 g/mol. The minimum Gasteiger partial charge on any atom is -0.384 e. The molecule has 0 unspecified atom stereocenters. The van der Waals surface area contributed by atoms with Gasteiger partial charge in [-0.15, -0.1) is 12.6 Å². The Hall–Kier alpha value is -0.960. The van der Waals surface area contributed by atoms with E-state index in [1.807, 2.05) is 25.1 Å². The maximum Gasteiger partial charge on any atom is 0.123 e. The second-order valence-electron chi connectivity index (χ2n) is 2.36. The average molecular weight is 166 g/mol. The van der Waals surface area contributed by atoms with Gasteiger partial charge in [0.1, 0.15) is 5.84 Å². The van der Waals surface area contributed by atoms with Crippen LogP contribution >= 0.6 is 12.6 Å².